The van der Waals surface area contributed by atoms with Gasteiger partial charge in [-0.3, -0.25) is 4.79 Å². The second-order valence-corrected chi connectivity index (χ2v) is 8.34. The van der Waals surface area contributed by atoms with Crippen molar-refractivity contribution in [1.82, 2.24) is 4.98 Å². The maximum atomic E-state index is 13.9. The first kappa shape index (κ1) is 19.8. The minimum Gasteiger partial charge on any atom is -0.356 e. The molecule has 1 aliphatic heterocycles. The third-order valence-corrected chi connectivity index (χ3v) is 5.67. The molecule has 6 heteroatoms. The monoisotopic (exact) mass is 399 g/mol. The standard InChI is InChI=1S/C23H27F2N3O/c1-16-4-2-5-18(14-16)27-22(29)20-9-8-19(15-17-6-7-17)26-21(20)28-12-3-10-23(24,25)11-13-28/h2,4-5,8-9,14,17H,3,6-7,10-13,15H2,1H3,(H,27,29). The van der Waals surface area contributed by atoms with Gasteiger partial charge in [0.25, 0.3) is 5.91 Å². The summed E-state index contributed by atoms with van der Waals surface area (Å²) in [6.07, 6.45) is 3.37. The number of carbonyl (C=O) groups is 1. The maximum absolute atomic E-state index is 13.9. The summed E-state index contributed by atoms with van der Waals surface area (Å²) in [5, 5.41) is 2.93. The fraction of sp³-hybridized carbons (Fsp3) is 0.478. The van der Waals surface area contributed by atoms with Crippen molar-refractivity contribution in [2.24, 2.45) is 5.92 Å². The summed E-state index contributed by atoms with van der Waals surface area (Å²) < 4.78 is 27.7. The zero-order chi connectivity index (χ0) is 20.4. The van der Waals surface area contributed by atoms with Gasteiger partial charge in [-0.2, -0.15) is 0 Å². The Morgan fingerprint density at radius 3 is 2.79 bits per heavy atom. The number of benzene rings is 1. The molecule has 1 aliphatic carbocycles. The number of pyridine rings is 1. The van der Waals surface area contributed by atoms with E-state index in [0.717, 1.165) is 17.7 Å². The molecule has 2 aromatic rings. The lowest BCUT2D eigenvalue weighted by Crippen LogP contribution is -2.29. The van der Waals surface area contributed by atoms with Crippen molar-refractivity contribution in [3.8, 4) is 0 Å². The normalized spacial score (nSPS) is 18.9. The van der Waals surface area contributed by atoms with Crippen molar-refractivity contribution in [2.45, 2.75) is 51.4 Å². The average molecular weight is 399 g/mol. The second-order valence-electron chi connectivity index (χ2n) is 8.34. The number of aromatic nitrogens is 1. The molecule has 4 rings (SSSR count). The fourth-order valence-corrected chi connectivity index (χ4v) is 3.83. The molecule has 1 saturated heterocycles. The molecular weight excluding hydrogens is 372 g/mol. The van der Waals surface area contributed by atoms with E-state index < -0.39 is 5.92 Å². The first-order chi connectivity index (χ1) is 13.9. The molecule has 1 amide bonds. The zero-order valence-corrected chi connectivity index (χ0v) is 16.8. The smallest absolute Gasteiger partial charge is 0.259 e. The lowest BCUT2D eigenvalue weighted by atomic mass is 10.1. The Labute approximate surface area is 170 Å². The van der Waals surface area contributed by atoms with Crippen LogP contribution in [0.4, 0.5) is 20.3 Å². The topological polar surface area (TPSA) is 45.2 Å². The van der Waals surface area contributed by atoms with Crippen LogP contribution in [0, 0.1) is 12.8 Å². The predicted octanol–water partition coefficient (Wildman–Crippen LogP) is 5.22. The van der Waals surface area contributed by atoms with Crippen LogP contribution >= 0.6 is 0 Å². The molecule has 29 heavy (non-hydrogen) atoms. The quantitative estimate of drug-likeness (QED) is 0.750. The fourth-order valence-electron chi connectivity index (χ4n) is 3.83. The molecule has 154 valence electrons. The van der Waals surface area contributed by atoms with E-state index in [1.807, 2.05) is 42.2 Å². The predicted molar refractivity (Wildman–Crippen MR) is 111 cm³/mol. The van der Waals surface area contributed by atoms with Crippen molar-refractivity contribution in [3.05, 3.63) is 53.2 Å². The van der Waals surface area contributed by atoms with E-state index in [-0.39, 0.29) is 25.3 Å². The minimum atomic E-state index is -2.65. The van der Waals surface area contributed by atoms with Gasteiger partial charge in [0.15, 0.2) is 0 Å². The van der Waals surface area contributed by atoms with Crippen LogP contribution in [0.3, 0.4) is 0 Å². The minimum absolute atomic E-state index is 0.115. The van der Waals surface area contributed by atoms with Gasteiger partial charge in [-0.05, 0) is 68.4 Å². The third kappa shape index (κ3) is 5.11. The molecule has 0 spiro atoms. The SMILES string of the molecule is Cc1cccc(NC(=O)c2ccc(CC3CC3)nc2N2CCCC(F)(F)CC2)c1. The van der Waals surface area contributed by atoms with E-state index in [1.165, 1.54) is 12.8 Å². The Hall–Kier alpha value is -2.50. The number of nitrogens with one attached hydrogen (secondary N) is 1. The number of hydrogen-bond acceptors (Lipinski definition) is 3. The highest BCUT2D eigenvalue weighted by atomic mass is 19.3. The lowest BCUT2D eigenvalue weighted by molar-refractivity contribution is -0.0102. The molecule has 2 heterocycles. The van der Waals surface area contributed by atoms with Gasteiger partial charge < -0.3 is 10.2 Å². The molecule has 0 unspecified atom stereocenters. The van der Waals surface area contributed by atoms with Crippen molar-refractivity contribution in [3.63, 3.8) is 0 Å². The first-order valence-electron chi connectivity index (χ1n) is 10.4. The number of nitrogens with zero attached hydrogens (tertiary/aromatic N) is 2. The van der Waals surface area contributed by atoms with Crippen LogP contribution in [0.2, 0.25) is 0 Å². The van der Waals surface area contributed by atoms with Gasteiger partial charge >= 0.3 is 0 Å². The molecule has 0 atom stereocenters. The largest absolute Gasteiger partial charge is 0.356 e. The molecule has 1 aromatic heterocycles. The van der Waals surface area contributed by atoms with Gasteiger partial charge in [-0.1, -0.05) is 12.1 Å². The molecule has 0 bridgehead atoms. The zero-order valence-electron chi connectivity index (χ0n) is 16.8. The van der Waals surface area contributed by atoms with Crippen LogP contribution in [0.5, 0.6) is 0 Å². The van der Waals surface area contributed by atoms with E-state index >= 15 is 0 Å². The highest BCUT2D eigenvalue weighted by Crippen LogP contribution is 2.34. The van der Waals surface area contributed by atoms with Crippen LogP contribution in [0.25, 0.3) is 0 Å². The van der Waals surface area contributed by atoms with Crippen molar-refractivity contribution in [2.75, 3.05) is 23.3 Å². The van der Waals surface area contributed by atoms with Gasteiger partial charge in [-0.25, -0.2) is 13.8 Å². The number of aryl methyl sites for hydroxylation is 1. The summed E-state index contributed by atoms with van der Waals surface area (Å²) in [6, 6.07) is 11.3. The second kappa shape index (κ2) is 8.09. The number of carbonyl (C=O) groups excluding carboxylic acids is 1. The summed E-state index contributed by atoms with van der Waals surface area (Å²) in [5.41, 5.74) is 3.14. The molecule has 0 radical (unpaired) electrons. The summed E-state index contributed by atoms with van der Waals surface area (Å²) in [4.78, 5) is 19.7. The number of anilines is 2. The average Bonchev–Trinajstić information content (AvgIpc) is 3.49. The Kier molecular flexibility index (Phi) is 5.52. The van der Waals surface area contributed by atoms with E-state index in [9.17, 15) is 13.6 Å². The van der Waals surface area contributed by atoms with Crippen molar-refractivity contribution < 1.29 is 13.6 Å². The maximum Gasteiger partial charge on any atom is 0.259 e. The Balaban J connectivity index is 1.62. The lowest BCUT2D eigenvalue weighted by Gasteiger charge is -2.24. The summed E-state index contributed by atoms with van der Waals surface area (Å²) in [5.74, 6) is -1.71. The van der Waals surface area contributed by atoms with Gasteiger partial charge in [-0.15, -0.1) is 0 Å². The first-order valence-corrected chi connectivity index (χ1v) is 10.4. The summed E-state index contributed by atoms with van der Waals surface area (Å²) in [6.45, 7) is 2.66. The van der Waals surface area contributed by atoms with Gasteiger partial charge in [0, 0.05) is 37.3 Å². The number of hydrogen-bond donors (Lipinski definition) is 1. The molecule has 2 fully saturated rings. The third-order valence-electron chi connectivity index (χ3n) is 5.67. The van der Waals surface area contributed by atoms with Gasteiger partial charge in [0.1, 0.15) is 5.82 Å². The molecule has 4 nitrogen and oxygen atoms in total. The van der Waals surface area contributed by atoms with Crippen molar-refractivity contribution >= 4 is 17.4 Å². The molecule has 2 aliphatic rings. The number of amides is 1. The van der Waals surface area contributed by atoms with Crippen LogP contribution in [0.1, 0.15) is 53.7 Å². The van der Waals surface area contributed by atoms with Gasteiger partial charge in [0.05, 0.1) is 5.56 Å². The van der Waals surface area contributed by atoms with E-state index in [4.69, 9.17) is 4.98 Å². The highest BCUT2D eigenvalue weighted by molar-refractivity contribution is 6.07. The van der Waals surface area contributed by atoms with Crippen LogP contribution in [0.15, 0.2) is 36.4 Å². The van der Waals surface area contributed by atoms with E-state index in [1.54, 1.807) is 6.07 Å². The molecular formula is C23H27F2N3O. The highest BCUT2D eigenvalue weighted by Gasteiger charge is 2.33. The Bertz CT molecular complexity index is 895. The number of halogens is 2. The molecule has 1 aromatic carbocycles. The van der Waals surface area contributed by atoms with Crippen LogP contribution in [-0.2, 0) is 6.42 Å². The number of rotatable bonds is 5. The van der Waals surface area contributed by atoms with E-state index in [0.29, 0.717) is 36.0 Å². The van der Waals surface area contributed by atoms with Crippen LogP contribution < -0.4 is 10.2 Å². The number of alkyl halides is 2. The Morgan fingerprint density at radius 2 is 2.03 bits per heavy atom. The summed E-state index contributed by atoms with van der Waals surface area (Å²) >= 11 is 0. The van der Waals surface area contributed by atoms with E-state index in [2.05, 4.69) is 5.32 Å². The van der Waals surface area contributed by atoms with Crippen molar-refractivity contribution in [1.29, 1.82) is 0 Å². The Morgan fingerprint density at radius 1 is 1.21 bits per heavy atom. The molecule has 1 saturated carbocycles. The summed E-state index contributed by atoms with van der Waals surface area (Å²) in [7, 11) is 0. The van der Waals surface area contributed by atoms with Crippen LogP contribution in [-0.4, -0.2) is 29.9 Å². The van der Waals surface area contributed by atoms with Gasteiger partial charge in [0.2, 0.25) is 5.92 Å². The molecule has 1 N–H and O–H groups in total.